The van der Waals surface area contributed by atoms with Crippen LogP contribution in [0.4, 0.5) is 11.4 Å². The van der Waals surface area contributed by atoms with Crippen LogP contribution in [0.2, 0.25) is 10.0 Å². The zero-order chi connectivity index (χ0) is 15.5. The van der Waals surface area contributed by atoms with Crippen molar-refractivity contribution in [3.8, 4) is 0 Å². The van der Waals surface area contributed by atoms with E-state index in [1.54, 1.807) is 36.5 Å². The summed E-state index contributed by atoms with van der Waals surface area (Å²) in [5, 5.41) is 4.30. The van der Waals surface area contributed by atoms with Crippen molar-refractivity contribution in [2.24, 2.45) is 0 Å². The molecule has 0 spiro atoms. The van der Waals surface area contributed by atoms with Crippen LogP contribution < -0.4 is 5.32 Å². The van der Waals surface area contributed by atoms with Gasteiger partial charge in [0.25, 0.3) is 5.91 Å². The zero-order valence-electron chi connectivity index (χ0n) is 11.9. The highest BCUT2D eigenvalue weighted by atomic mass is 35.5. The molecule has 22 heavy (non-hydrogen) atoms. The topological polar surface area (TPSA) is 45.2 Å². The van der Waals surface area contributed by atoms with Crippen LogP contribution in [0.25, 0.3) is 0 Å². The number of rotatable bonds is 3. The smallest absolute Gasteiger partial charge is 0.272 e. The van der Waals surface area contributed by atoms with Crippen molar-refractivity contribution < 1.29 is 4.79 Å². The summed E-state index contributed by atoms with van der Waals surface area (Å²) < 4.78 is 0. The first-order valence-corrected chi connectivity index (χ1v) is 7.86. The number of benzene rings is 1. The number of pyridine rings is 1. The normalized spacial score (nSPS) is 14.2. The second-order valence-corrected chi connectivity index (χ2v) is 6.09. The monoisotopic (exact) mass is 335 g/mol. The molecule has 0 aliphatic carbocycles. The Balaban J connectivity index is 1.80. The Morgan fingerprint density at radius 3 is 2.41 bits per heavy atom. The minimum Gasteiger partial charge on any atom is -0.355 e. The summed E-state index contributed by atoms with van der Waals surface area (Å²) in [4.78, 5) is 18.4. The van der Waals surface area contributed by atoms with Gasteiger partial charge in [-0.3, -0.25) is 9.78 Å². The van der Waals surface area contributed by atoms with Crippen molar-refractivity contribution in [1.82, 2.24) is 9.88 Å². The van der Waals surface area contributed by atoms with Gasteiger partial charge in [0.1, 0.15) is 5.69 Å². The van der Waals surface area contributed by atoms with Crippen LogP contribution in [-0.2, 0) is 0 Å². The predicted molar refractivity (Wildman–Crippen MR) is 89.1 cm³/mol. The number of carbonyl (C=O) groups excluding carboxylic acids is 1. The number of hydrogen-bond donors (Lipinski definition) is 1. The molecule has 1 aromatic heterocycles. The summed E-state index contributed by atoms with van der Waals surface area (Å²) in [6, 6.07) is 8.76. The maximum absolute atomic E-state index is 12.4. The Morgan fingerprint density at radius 2 is 1.73 bits per heavy atom. The van der Waals surface area contributed by atoms with Crippen LogP contribution in [-0.4, -0.2) is 28.9 Å². The molecular formula is C16H15Cl2N3O. The van der Waals surface area contributed by atoms with Gasteiger partial charge in [-0.1, -0.05) is 23.2 Å². The molecule has 114 valence electrons. The molecular weight excluding hydrogens is 321 g/mol. The number of nitrogens with zero attached hydrogens (tertiary/aromatic N) is 2. The van der Waals surface area contributed by atoms with Crippen molar-refractivity contribution >= 4 is 40.5 Å². The quantitative estimate of drug-likeness (QED) is 0.905. The molecule has 0 unspecified atom stereocenters. The highest BCUT2D eigenvalue weighted by molar-refractivity contribution is 6.35. The number of halogens is 2. The lowest BCUT2D eigenvalue weighted by Crippen LogP contribution is -2.28. The first-order valence-electron chi connectivity index (χ1n) is 7.10. The molecule has 6 heteroatoms. The first kappa shape index (κ1) is 15.1. The van der Waals surface area contributed by atoms with Crippen LogP contribution in [0.1, 0.15) is 23.3 Å². The summed E-state index contributed by atoms with van der Waals surface area (Å²) in [5.41, 5.74) is 1.99. The van der Waals surface area contributed by atoms with Crippen molar-refractivity contribution in [3.05, 3.63) is 52.3 Å². The molecule has 3 rings (SSSR count). The molecule has 1 amide bonds. The van der Waals surface area contributed by atoms with Gasteiger partial charge in [0.15, 0.2) is 0 Å². The van der Waals surface area contributed by atoms with Gasteiger partial charge in [-0.05, 0) is 43.2 Å². The summed E-state index contributed by atoms with van der Waals surface area (Å²) in [6.45, 7) is 1.62. The molecule has 0 atom stereocenters. The Hall–Kier alpha value is -1.78. The second kappa shape index (κ2) is 6.55. The van der Waals surface area contributed by atoms with Gasteiger partial charge >= 0.3 is 0 Å². The lowest BCUT2D eigenvalue weighted by Gasteiger charge is -2.15. The van der Waals surface area contributed by atoms with Gasteiger partial charge < -0.3 is 10.2 Å². The van der Waals surface area contributed by atoms with Crippen LogP contribution in [0, 0.1) is 0 Å². The lowest BCUT2D eigenvalue weighted by atomic mass is 10.2. The van der Waals surface area contributed by atoms with Gasteiger partial charge in [0.05, 0.1) is 0 Å². The number of carbonyl (C=O) groups is 1. The molecule has 1 aliphatic rings. The van der Waals surface area contributed by atoms with Crippen molar-refractivity contribution in [3.63, 3.8) is 0 Å². The number of nitrogens with one attached hydrogen (secondary N) is 1. The Morgan fingerprint density at radius 1 is 1.05 bits per heavy atom. The average Bonchev–Trinajstić information content (AvgIpc) is 3.00. The third kappa shape index (κ3) is 3.51. The highest BCUT2D eigenvalue weighted by Crippen LogP contribution is 2.25. The molecule has 1 N–H and O–H groups in total. The lowest BCUT2D eigenvalue weighted by molar-refractivity contribution is 0.0787. The van der Waals surface area contributed by atoms with E-state index in [2.05, 4.69) is 10.3 Å². The zero-order valence-corrected chi connectivity index (χ0v) is 13.4. The molecule has 1 saturated heterocycles. The van der Waals surface area contributed by atoms with E-state index in [9.17, 15) is 4.79 Å². The minimum atomic E-state index is -0.0229. The van der Waals surface area contributed by atoms with E-state index < -0.39 is 0 Å². The second-order valence-electron chi connectivity index (χ2n) is 5.21. The largest absolute Gasteiger partial charge is 0.355 e. The Kier molecular flexibility index (Phi) is 4.50. The predicted octanol–water partition coefficient (Wildman–Crippen LogP) is 4.37. The van der Waals surface area contributed by atoms with E-state index >= 15 is 0 Å². The third-order valence-electron chi connectivity index (χ3n) is 3.52. The molecule has 0 bridgehead atoms. The fraction of sp³-hybridized carbons (Fsp3) is 0.250. The fourth-order valence-corrected chi connectivity index (χ4v) is 3.03. The molecule has 1 fully saturated rings. The molecule has 0 saturated carbocycles. The number of amides is 1. The van der Waals surface area contributed by atoms with Gasteiger partial charge in [-0.25, -0.2) is 0 Å². The highest BCUT2D eigenvalue weighted by Gasteiger charge is 2.20. The van der Waals surface area contributed by atoms with E-state index in [1.807, 2.05) is 4.90 Å². The van der Waals surface area contributed by atoms with Crippen LogP contribution in [0.5, 0.6) is 0 Å². The first-order chi connectivity index (χ1) is 10.6. The van der Waals surface area contributed by atoms with Crippen molar-refractivity contribution in [1.29, 1.82) is 0 Å². The summed E-state index contributed by atoms with van der Waals surface area (Å²) in [6.07, 6.45) is 3.74. The molecule has 2 aromatic rings. The van der Waals surface area contributed by atoms with Crippen LogP contribution >= 0.6 is 23.2 Å². The Labute approximate surface area is 139 Å². The number of anilines is 2. The van der Waals surface area contributed by atoms with E-state index in [4.69, 9.17) is 23.2 Å². The van der Waals surface area contributed by atoms with Crippen molar-refractivity contribution in [2.45, 2.75) is 12.8 Å². The summed E-state index contributed by atoms with van der Waals surface area (Å²) >= 11 is 12.0. The standard InChI is InChI=1S/C16H15Cl2N3O/c17-11-7-12(18)9-14(8-11)20-13-3-4-19-15(10-13)16(22)21-5-1-2-6-21/h3-4,7-10H,1-2,5-6H2,(H,19,20). The fourth-order valence-electron chi connectivity index (χ4n) is 2.50. The van der Waals surface area contributed by atoms with E-state index in [-0.39, 0.29) is 5.91 Å². The Bertz CT molecular complexity index is 679. The summed E-state index contributed by atoms with van der Waals surface area (Å²) in [5.74, 6) is -0.0229. The maximum atomic E-state index is 12.4. The third-order valence-corrected chi connectivity index (χ3v) is 3.96. The van der Waals surface area contributed by atoms with Gasteiger partial charge in [-0.15, -0.1) is 0 Å². The van der Waals surface area contributed by atoms with Gasteiger partial charge in [0.2, 0.25) is 0 Å². The molecule has 1 aromatic carbocycles. The molecule has 1 aliphatic heterocycles. The van der Waals surface area contributed by atoms with Gasteiger partial charge in [-0.2, -0.15) is 0 Å². The molecule has 2 heterocycles. The van der Waals surface area contributed by atoms with Crippen molar-refractivity contribution in [2.75, 3.05) is 18.4 Å². The SMILES string of the molecule is O=C(c1cc(Nc2cc(Cl)cc(Cl)c2)ccn1)N1CCCC1. The van der Waals surface area contributed by atoms with Gasteiger partial charge in [0, 0.05) is 40.7 Å². The molecule has 0 radical (unpaired) electrons. The van der Waals surface area contributed by atoms with E-state index in [0.29, 0.717) is 15.7 Å². The average molecular weight is 336 g/mol. The molecule has 4 nitrogen and oxygen atoms in total. The maximum Gasteiger partial charge on any atom is 0.272 e. The number of hydrogen-bond acceptors (Lipinski definition) is 3. The van der Waals surface area contributed by atoms with E-state index in [0.717, 1.165) is 37.3 Å². The summed E-state index contributed by atoms with van der Waals surface area (Å²) in [7, 11) is 0. The van der Waals surface area contributed by atoms with Crippen LogP contribution in [0.3, 0.4) is 0 Å². The minimum absolute atomic E-state index is 0.0229. The van der Waals surface area contributed by atoms with E-state index in [1.165, 1.54) is 0 Å². The number of likely N-dealkylation sites (tertiary alicyclic amines) is 1. The number of aromatic nitrogens is 1. The van der Waals surface area contributed by atoms with Crippen LogP contribution in [0.15, 0.2) is 36.5 Å².